The van der Waals surface area contributed by atoms with E-state index in [-0.39, 0.29) is 17.7 Å². The molecular weight excluding hydrogens is 424 g/mol. The number of carbonyl (C=O) groups is 2. The number of likely N-dealkylation sites (tertiary alicyclic amines) is 1. The number of amides is 2. The Hall–Kier alpha value is -3.22. The van der Waals surface area contributed by atoms with Crippen molar-refractivity contribution < 1.29 is 9.59 Å². The van der Waals surface area contributed by atoms with Crippen LogP contribution in [-0.4, -0.2) is 34.8 Å². The third-order valence-electron chi connectivity index (χ3n) is 5.61. The Bertz CT molecular complexity index is 1060. The molecule has 2 N–H and O–H groups in total. The number of halogens is 1. The molecule has 0 spiro atoms. The maximum atomic E-state index is 12.9. The van der Waals surface area contributed by atoms with Crippen molar-refractivity contribution in [3.63, 3.8) is 0 Å². The number of nitrogens with one attached hydrogen (secondary N) is 2. The minimum atomic E-state index is -0.339. The SMILES string of the molecule is O=C(Nc1ccc(Cl)cn1)c1ccccc1NC(=O)C1CCN(Cc2ccccc2)CC1. The number of carbonyl (C=O) groups excluding carboxylic acids is 2. The van der Waals surface area contributed by atoms with E-state index in [1.807, 2.05) is 18.2 Å². The number of hydrogen-bond acceptors (Lipinski definition) is 4. The van der Waals surface area contributed by atoms with Crippen LogP contribution in [0.4, 0.5) is 11.5 Å². The van der Waals surface area contributed by atoms with Gasteiger partial charge in [-0.25, -0.2) is 4.98 Å². The Morgan fingerprint density at radius 1 is 0.938 bits per heavy atom. The Kier molecular flexibility index (Phi) is 7.14. The van der Waals surface area contributed by atoms with E-state index in [0.29, 0.717) is 22.1 Å². The van der Waals surface area contributed by atoms with Gasteiger partial charge in [0.25, 0.3) is 5.91 Å². The maximum absolute atomic E-state index is 12.9. The predicted molar refractivity (Wildman–Crippen MR) is 127 cm³/mol. The number of rotatable bonds is 6. The van der Waals surface area contributed by atoms with Gasteiger partial charge in [-0.05, 0) is 55.8 Å². The van der Waals surface area contributed by atoms with E-state index in [1.54, 1.807) is 36.4 Å². The number of para-hydroxylation sites is 1. The molecule has 1 fully saturated rings. The van der Waals surface area contributed by atoms with E-state index in [9.17, 15) is 9.59 Å². The molecule has 0 saturated carbocycles. The second-order valence-electron chi connectivity index (χ2n) is 7.89. The van der Waals surface area contributed by atoms with Crippen molar-refractivity contribution in [3.05, 3.63) is 89.1 Å². The van der Waals surface area contributed by atoms with Crippen LogP contribution >= 0.6 is 11.6 Å². The van der Waals surface area contributed by atoms with Gasteiger partial charge in [0.1, 0.15) is 5.82 Å². The number of hydrogen-bond donors (Lipinski definition) is 2. The van der Waals surface area contributed by atoms with Crippen molar-refractivity contribution in [1.82, 2.24) is 9.88 Å². The summed E-state index contributed by atoms with van der Waals surface area (Å²) >= 11 is 5.85. The third-order valence-corrected chi connectivity index (χ3v) is 5.83. The summed E-state index contributed by atoms with van der Waals surface area (Å²) in [5.74, 6) is -0.0648. The van der Waals surface area contributed by atoms with E-state index in [2.05, 4.69) is 32.7 Å². The van der Waals surface area contributed by atoms with Crippen molar-refractivity contribution in [2.75, 3.05) is 23.7 Å². The summed E-state index contributed by atoms with van der Waals surface area (Å²) in [5, 5.41) is 6.19. The second-order valence-corrected chi connectivity index (χ2v) is 8.32. The fourth-order valence-electron chi connectivity index (χ4n) is 3.85. The lowest BCUT2D eigenvalue weighted by atomic mass is 9.95. The molecule has 1 saturated heterocycles. The highest BCUT2D eigenvalue weighted by molar-refractivity contribution is 6.30. The molecule has 0 unspecified atom stereocenters. The van der Waals surface area contributed by atoms with Crippen LogP contribution in [0.15, 0.2) is 72.9 Å². The van der Waals surface area contributed by atoms with Crippen molar-refractivity contribution in [2.24, 2.45) is 5.92 Å². The van der Waals surface area contributed by atoms with Gasteiger partial charge in [-0.1, -0.05) is 54.1 Å². The highest BCUT2D eigenvalue weighted by Gasteiger charge is 2.26. The number of pyridine rings is 1. The minimum Gasteiger partial charge on any atom is -0.325 e. The van der Waals surface area contributed by atoms with Gasteiger partial charge in [-0.2, -0.15) is 0 Å². The predicted octanol–water partition coefficient (Wildman–Crippen LogP) is 4.84. The molecule has 1 aliphatic heterocycles. The van der Waals surface area contributed by atoms with Crippen molar-refractivity contribution in [1.29, 1.82) is 0 Å². The van der Waals surface area contributed by atoms with Gasteiger partial charge >= 0.3 is 0 Å². The monoisotopic (exact) mass is 448 g/mol. The average molecular weight is 449 g/mol. The summed E-state index contributed by atoms with van der Waals surface area (Å²) in [6, 6.07) is 20.6. The van der Waals surface area contributed by atoms with Crippen LogP contribution in [-0.2, 0) is 11.3 Å². The first-order valence-corrected chi connectivity index (χ1v) is 11.1. The van der Waals surface area contributed by atoms with Crippen LogP contribution in [0.25, 0.3) is 0 Å². The number of aromatic nitrogens is 1. The highest BCUT2D eigenvalue weighted by Crippen LogP contribution is 2.23. The van der Waals surface area contributed by atoms with E-state index < -0.39 is 0 Å². The molecule has 7 heteroatoms. The molecule has 0 aliphatic carbocycles. The summed E-state index contributed by atoms with van der Waals surface area (Å²) in [4.78, 5) is 32.1. The van der Waals surface area contributed by atoms with Gasteiger partial charge in [0.2, 0.25) is 5.91 Å². The maximum Gasteiger partial charge on any atom is 0.258 e. The van der Waals surface area contributed by atoms with Gasteiger partial charge in [-0.15, -0.1) is 0 Å². The molecule has 32 heavy (non-hydrogen) atoms. The van der Waals surface area contributed by atoms with E-state index in [4.69, 9.17) is 11.6 Å². The molecule has 2 aromatic carbocycles. The largest absolute Gasteiger partial charge is 0.325 e. The van der Waals surface area contributed by atoms with Gasteiger partial charge in [0.05, 0.1) is 16.3 Å². The van der Waals surface area contributed by atoms with Gasteiger partial charge in [0, 0.05) is 18.7 Å². The molecule has 6 nitrogen and oxygen atoms in total. The lowest BCUT2D eigenvalue weighted by Gasteiger charge is -2.31. The number of nitrogens with zero attached hydrogens (tertiary/aromatic N) is 2. The Morgan fingerprint density at radius 2 is 1.66 bits per heavy atom. The number of anilines is 2. The molecule has 3 aromatic rings. The first kappa shape index (κ1) is 22.0. The zero-order chi connectivity index (χ0) is 22.3. The molecule has 1 aliphatic rings. The van der Waals surface area contributed by atoms with Crippen LogP contribution in [0.3, 0.4) is 0 Å². The second kappa shape index (κ2) is 10.4. The van der Waals surface area contributed by atoms with Crippen molar-refractivity contribution in [2.45, 2.75) is 19.4 Å². The summed E-state index contributed by atoms with van der Waals surface area (Å²) in [6.07, 6.45) is 3.05. The van der Waals surface area contributed by atoms with Crippen LogP contribution in [0.5, 0.6) is 0 Å². The smallest absolute Gasteiger partial charge is 0.258 e. The summed E-state index contributed by atoms with van der Waals surface area (Å²) in [6.45, 7) is 2.64. The molecular formula is C25H25ClN4O2. The third kappa shape index (κ3) is 5.72. The molecule has 0 atom stereocenters. The van der Waals surface area contributed by atoms with Crippen molar-refractivity contribution >= 4 is 34.9 Å². The Morgan fingerprint density at radius 3 is 2.38 bits per heavy atom. The zero-order valence-corrected chi connectivity index (χ0v) is 18.4. The average Bonchev–Trinajstić information content (AvgIpc) is 2.82. The number of piperidine rings is 1. The van der Waals surface area contributed by atoms with E-state index >= 15 is 0 Å². The van der Waals surface area contributed by atoms with Gasteiger partial charge in [0.15, 0.2) is 0 Å². The van der Waals surface area contributed by atoms with Gasteiger partial charge in [-0.3, -0.25) is 14.5 Å². The zero-order valence-electron chi connectivity index (χ0n) is 17.6. The molecule has 0 bridgehead atoms. The molecule has 164 valence electrons. The quantitative estimate of drug-likeness (QED) is 0.566. The Labute approximate surface area is 192 Å². The highest BCUT2D eigenvalue weighted by atomic mass is 35.5. The standard InChI is InChI=1S/C25H25ClN4O2/c26-20-10-11-23(27-16-20)29-25(32)21-8-4-5-9-22(21)28-24(31)19-12-14-30(15-13-19)17-18-6-2-1-3-7-18/h1-11,16,19H,12-15,17H2,(H,28,31)(H,27,29,32). The topological polar surface area (TPSA) is 74.3 Å². The fourth-order valence-corrected chi connectivity index (χ4v) is 3.96. The van der Waals surface area contributed by atoms with Crippen LogP contribution in [0.1, 0.15) is 28.8 Å². The summed E-state index contributed by atoms with van der Waals surface area (Å²) in [5.41, 5.74) is 2.17. The molecule has 2 amide bonds. The summed E-state index contributed by atoms with van der Waals surface area (Å²) < 4.78 is 0. The fraction of sp³-hybridized carbons (Fsp3) is 0.240. The van der Waals surface area contributed by atoms with Crippen molar-refractivity contribution in [3.8, 4) is 0 Å². The molecule has 1 aromatic heterocycles. The minimum absolute atomic E-state index is 0.0470. The van der Waals surface area contributed by atoms with Gasteiger partial charge < -0.3 is 10.6 Å². The van der Waals surface area contributed by atoms with E-state index in [1.165, 1.54) is 11.8 Å². The Balaban J connectivity index is 1.34. The van der Waals surface area contributed by atoms with Crippen LogP contribution in [0, 0.1) is 5.92 Å². The lowest BCUT2D eigenvalue weighted by Crippen LogP contribution is -2.38. The number of benzene rings is 2. The van der Waals surface area contributed by atoms with Crippen LogP contribution in [0.2, 0.25) is 5.02 Å². The molecule has 2 heterocycles. The normalized spacial score (nSPS) is 14.7. The molecule has 0 radical (unpaired) electrons. The lowest BCUT2D eigenvalue weighted by molar-refractivity contribution is -0.121. The molecule has 4 rings (SSSR count). The first-order valence-electron chi connectivity index (χ1n) is 10.7. The first-order chi connectivity index (χ1) is 15.6. The van der Waals surface area contributed by atoms with E-state index in [0.717, 1.165) is 32.5 Å². The summed E-state index contributed by atoms with van der Waals surface area (Å²) in [7, 11) is 0. The van der Waals surface area contributed by atoms with Crippen LogP contribution < -0.4 is 10.6 Å².